The van der Waals surface area contributed by atoms with Gasteiger partial charge in [-0.05, 0) is 69.7 Å². The monoisotopic (exact) mass is 668 g/mol. The predicted molar refractivity (Wildman–Crippen MR) is 188 cm³/mol. The van der Waals surface area contributed by atoms with Gasteiger partial charge in [0.25, 0.3) is 11.5 Å². The normalized spacial score (nSPS) is 14.7. The molecule has 0 saturated heterocycles. The molecule has 0 fully saturated rings. The Kier molecular flexibility index (Phi) is 9.12. The van der Waals surface area contributed by atoms with Gasteiger partial charge in [-0.3, -0.25) is 14.2 Å². The summed E-state index contributed by atoms with van der Waals surface area (Å²) >= 11 is 7.88. The number of likely N-dealkylation sites (N-methyl/N-ethyl adjacent to an activating group) is 1. The minimum atomic E-state index is -0.769. The zero-order valence-corrected chi connectivity index (χ0v) is 28.9. The van der Waals surface area contributed by atoms with E-state index in [0.717, 1.165) is 27.7 Å². The van der Waals surface area contributed by atoms with Crippen LogP contribution in [0.2, 0.25) is 5.02 Å². The van der Waals surface area contributed by atoms with Gasteiger partial charge in [0, 0.05) is 52.4 Å². The van der Waals surface area contributed by atoms with Gasteiger partial charge in [0.2, 0.25) is 0 Å². The number of ether oxygens (including phenoxy) is 2. The zero-order chi connectivity index (χ0) is 33.4. The van der Waals surface area contributed by atoms with Crippen molar-refractivity contribution in [2.75, 3.05) is 27.3 Å². The molecular weight excluding hydrogens is 632 g/mol. The fraction of sp³-hybridized carbons (Fsp3) is 0.270. The Hall–Kier alpha value is -4.60. The maximum Gasteiger partial charge on any atom is 0.271 e. The number of aromatic nitrogens is 2. The Labute approximate surface area is 282 Å². The Bertz CT molecular complexity index is 2220. The first-order chi connectivity index (χ1) is 22.7. The molecule has 1 amide bonds. The molecule has 1 atom stereocenters. The molecule has 3 heterocycles. The highest BCUT2D eigenvalue weighted by molar-refractivity contribution is 7.07. The summed E-state index contributed by atoms with van der Waals surface area (Å²) in [6.45, 7) is 9.42. The molecule has 47 heavy (non-hydrogen) atoms. The summed E-state index contributed by atoms with van der Waals surface area (Å²) in [6.07, 6.45) is 1.95. The van der Waals surface area contributed by atoms with Gasteiger partial charge in [0.05, 0.1) is 30.0 Å². The van der Waals surface area contributed by atoms with Crippen LogP contribution in [0.15, 0.2) is 87.8 Å². The molecule has 1 aliphatic heterocycles. The predicted octanol–water partition coefficient (Wildman–Crippen LogP) is 6.09. The van der Waals surface area contributed by atoms with Crippen molar-refractivity contribution >= 4 is 45.8 Å². The van der Waals surface area contributed by atoms with Crippen LogP contribution in [0, 0.1) is 6.92 Å². The Morgan fingerprint density at radius 2 is 1.74 bits per heavy atom. The third-order valence-corrected chi connectivity index (χ3v) is 10.2. The van der Waals surface area contributed by atoms with Crippen LogP contribution in [0.1, 0.15) is 49.2 Å². The first-order valence-corrected chi connectivity index (χ1v) is 16.8. The molecule has 1 aliphatic rings. The number of benzene rings is 3. The lowest BCUT2D eigenvalue weighted by Crippen LogP contribution is -2.43. The Morgan fingerprint density at radius 1 is 1.02 bits per heavy atom. The van der Waals surface area contributed by atoms with Crippen molar-refractivity contribution in [2.45, 2.75) is 40.3 Å². The average Bonchev–Trinajstić information content (AvgIpc) is 3.53. The number of halogens is 1. The lowest BCUT2D eigenvalue weighted by Gasteiger charge is -2.30. The van der Waals surface area contributed by atoms with E-state index in [0.29, 0.717) is 62.3 Å². The van der Waals surface area contributed by atoms with E-state index in [4.69, 9.17) is 26.1 Å². The average molecular weight is 669 g/mol. The van der Waals surface area contributed by atoms with Gasteiger partial charge in [0.1, 0.15) is 17.5 Å². The molecule has 2 aromatic heterocycles. The maximum atomic E-state index is 14.6. The highest BCUT2D eigenvalue weighted by atomic mass is 35.5. The number of hydrogen-bond acceptors (Lipinski definition) is 6. The second-order valence-corrected chi connectivity index (χ2v) is 12.8. The van der Waals surface area contributed by atoms with Crippen molar-refractivity contribution in [1.29, 1.82) is 0 Å². The van der Waals surface area contributed by atoms with Crippen molar-refractivity contribution < 1.29 is 14.3 Å². The van der Waals surface area contributed by atoms with Crippen molar-refractivity contribution in [1.82, 2.24) is 14.0 Å². The van der Waals surface area contributed by atoms with E-state index >= 15 is 0 Å². The number of para-hydroxylation sites is 1. The molecule has 242 valence electrons. The van der Waals surface area contributed by atoms with E-state index in [2.05, 4.69) is 23.6 Å². The van der Waals surface area contributed by atoms with Gasteiger partial charge in [-0.2, -0.15) is 0 Å². The molecule has 10 heteroatoms. The number of rotatable bonds is 9. The summed E-state index contributed by atoms with van der Waals surface area (Å²) in [4.78, 5) is 35.8. The highest BCUT2D eigenvalue weighted by Crippen LogP contribution is 2.38. The third-order valence-electron chi connectivity index (χ3n) is 8.88. The van der Waals surface area contributed by atoms with Crippen LogP contribution >= 0.6 is 22.9 Å². The second kappa shape index (κ2) is 13.3. The molecule has 0 spiro atoms. The van der Waals surface area contributed by atoms with Crippen molar-refractivity contribution in [3.05, 3.63) is 125 Å². The van der Waals surface area contributed by atoms with Crippen molar-refractivity contribution in [3.63, 3.8) is 0 Å². The van der Waals surface area contributed by atoms with Gasteiger partial charge in [-0.15, -0.1) is 0 Å². The van der Waals surface area contributed by atoms with Gasteiger partial charge in [-0.25, -0.2) is 4.99 Å². The molecule has 0 N–H and O–H groups in total. The van der Waals surface area contributed by atoms with Crippen LogP contribution in [-0.2, 0) is 11.3 Å². The number of carbonyl (C=O) groups is 1. The molecular formula is C37H37ClN4O4S. The third kappa shape index (κ3) is 5.68. The summed E-state index contributed by atoms with van der Waals surface area (Å²) in [5.41, 5.74) is 5.44. The summed E-state index contributed by atoms with van der Waals surface area (Å²) < 4.78 is 15.7. The number of thiazole rings is 1. The molecule has 0 aliphatic carbocycles. The van der Waals surface area contributed by atoms with E-state index in [9.17, 15) is 9.59 Å². The second-order valence-electron chi connectivity index (χ2n) is 11.4. The van der Waals surface area contributed by atoms with Crippen LogP contribution in [0.25, 0.3) is 17.0 Å². The number of fused-ring (bicyclic) bond motifs is 2. The minimum Gasteiger partial charge on any atom is -0.497 e. The molecule has 6 rings (SSSR count). The van der Waals surface area contributed by atoms with Crippen LogP contribution in [-0.4, -0.2) is 47.3 Å². The van der Waals surface area contributed by atoms with Gasteiger partial charge < -0.3 is 18.9 Å². The van der Waals surface area contributed by atoms with Crippen LogP contribution in [0.4, 0.5) is 0 Å². The Balaban J connectivity index is 1.59. The first-order valence-electron chi connectivity index (χ1n) is 15.6. The van der Waals surface area contributed by atoms with Crippen LogP contribution in [0.3, 0.4) is 0 Å². The fourth-order valence-electron chi connectivity index (χ4n) is 6.40. The van der Waals surface area contributed by atoms with Crippen LogP contribution < -0.4 is 24.4 Å². The van der Waals surface area contributed by atoms with E-state index in [-0.39, 0.29) is 11.5 Å². The van der Waals surface area contributed by atoms with E-state index in [1.165, 1.54) is 11.3 Å². The van der Waals surface area contributed by atoms with Crippen molar-refractivity contribution in [3.8, 4) is 11.5 Å². The summed E-state index contributed by atoms with van der Waals surface area (Å²) in [5, 5.41) is 1.74. The standard InChI is InChI=1S/C37H37ClN4O4S/c1-7-40(8-2)36(44)33-22(3)39-37-42(34(33)28-19-25(45-5)17-18-31(28)46-6)35(43)32(47-37)20-27-23(4)41(30-16-12-10-14-26(27)30)21-24-13-9-11-15-29(24)38/h9-20,34H,7-8,21H2,1-6H3/b32-20+/t34-/m0/s1. The first kappa shape index (κ1) is 32.3. The smallest absolute Gasteiger partial charge is 0.271 e. The minimum absolute atomic E-state index is 0.168. The highest BCUT2D eigenvalue weighted by Gasteiger charge is 2.36. The molecule has 5 aromatic rings. The lowest BCUT2D eigenvalue weighted by atomic mass is 9.93. The number of methoxy groups -OCH3 is 2. The van der Waals surface area contributed by atoms with E-state index in [1.807, 2.05) is 69.3 Å². The molecule has 0 bridgehead atoms. The lowest BCUT2D eigenvalue weighted by molar-refractivity contribution is -0.127. The SMILES string of the molecule is CCN(CC)C(=O)C1=C(C)N=c2s/c(=C/c3c(C)n(Cc4ccccc4Cl)c4ccccc34)c(=O)n2[C@H]1c1cc(OC)ccc1OC. The van der Waals surface area contributed by atoms with Gasteiger partial charge in [0.15, 0.2) is 4.80 Å². The molecule has 0 unspecified atom stereocenters. The van der Waals surface area contributed by atoms with Gasteiger partial charge in [-0.1, -0.05) is 59.3 Å². The molecule has 3 aromatic carbocycles. The fourth-order valence-corrected chi connectivity index (χ4v) is 7.62. The number of carbonyl (C=O) groups excluding carboxylic acids is 1. The summed E-state index contributed by atoms with van der Waals surface area (Å²) in [7, 11) is 3.17. The Morgan fingerprint density at radius 3 is 2.45 bits per heavy atom. The summed E-state index contributed by atoms with van der Waals surface area (Å²) in [6, 6.07) is 20.7. The number of allylic oxidation sites excluding steroid dienone is 1. The zero-order valence-electron chi connectivity index (χ0n) is 27.3. The number of amides is 1. The van der Waals surface area contributed by atoms with E-state index in [1.54, 1.807) is 35.8 Å². The van der Waals surface area contributed by atoms with Crippen molar-refractivity contribution in [2.24, 2.45) is 4.99 Å². The maximum absolute atomic E-state index is 14.6. The molecule has 0 radical (unpaired) electrons. The molecule has 0 saturated carbocycles. The summed E-state index contributed by atoms with van der Waals surface area (Å²) in [5.74, 6) is 0.969. The number of nitrogens with zero attached hydrogens (tertiary/aromatic N) is 4. The molecule has 8 nitrogen and oxygen atoms in total. The quantitative estimate of drug-likeness (QED) is 0.191. The van der Waals surface area contributed by atoms with Crippen LogP contribution in [0.5, 0.6) is 11.5 Å². The van der Waals surface area contributed by atoms with E-state index < -0.39 is 6.04 Å². The van der Waals surface area contributed by atoms with Gasteiger partial charge >= 0.3 is 0 Å². The largest absolute Gasteiger partial charge is 0.497 e. The number of hydrogen-bond donors (Lipinski definition) is 0. The topological polar surface area (TPSA) is 78.1 Å².